The molecule has 0 amide bonds. The number of rotatable bonds is 4. The Morgan fingerprint density at radius 2 is 2.06 bits per heavy atom. The summed E-state index contributed by atoms with van der Waals surface area (Å²) in [7, 11) is -1.30. The van der Waals surface area contributed by atoms with Gasteiger partial charge >= 0.3 is 0 Å². The predicted molar refractivity (Wildman–Crippen MR) is 69.7 cm³/mol. The van der Waals surface area contributed by atoms with Crippen LogP contribution in [-0.2, 0) is 9.84 Å². The number of hydrogen-bond acceptors (Lipinski definition) is 7. The van der Waals surface area contributed by atoms with Gasteiger partial charge in [-0.05, 0) is 24.4 Å². The third-order valence-electron chi connectivity index (χ3n) is 2.78. The molecule has 1 saturated heterocycles. The molecular formula is C9H14ClN5O2S. The van der Waals surface area contributed by atoms with Crippen LogP contribution in [-0.4, -0.2) is 48.0 Å². The largest absolute Gasteiger partial charge is 0.357 e. The molecule has 1 aliphatic rings. The summed E-state index contributed by atoms with van der Waals surface area (Å²) in [4.78, 5) is 11.8. The number of nitrogens with zero attached hydrogens (tertiary/aromatic N) is 3. The molecule has 0 aromatic carbocycles. The molecule has 0 bridgehead atoms. The first-order valence-electron chi connectivity index (χ1n) is 5.56. The Labute approximate surface area is 110 Å². The second kappa shape index (κ2) is 5.23. The van der Waals surface area contributed by atoms with Crippen molar-refractivity contribution in [1.82, 2.24) is 15.0 Å². The van der Waals surface area contributed by atoms with E-state index in [1.54, 1.807) is 7.05 Å². The van der Waals surface area contributed by atoms with E-state index < -0.39 is 9.84 Å². The lowest BCUT2D eigenvalue weighted by molar-refractivity contribution is 0.591. The zero-order valence-corrected chi connectivity index (χ0v) is 11.4. The van der Waals surface area contributed by atoms with E-state index in [1.807, 2.05) is 0 Å². The lowest BCUT2D eigenvalue weighted by Crippen LogP contribution is -2.25. The second-order valence-electron chi connectivity index (χ2n) is 4.01. The van der Waals surface area contributed by atoms with E-state index in [0.717, 1.165) is 0 Å². The molecule has 0 radical (unpaired) electrons. The van der Waals surface area contributed by atoms with E-state index in [0.29, 0.717) is 25.3 Å². The van der Waals surface area contributed by atoms with Crippen molar-refractivity contribution in [2.75, 3.05) is 30.0 Å². The van der Waals surface area contributed by atoms with Gasteiger partial charge in [-0.15, -0.1) is 0 Å². The molecule has 2 heterocycles. The fraction of sp³-hybridized carbons (Fsp3) is 0.667. The fourth-order valence-electron chi connectivity index (χ4n) is 1.83. The summed E-state index contributed by atoms with van der Waals surface area (Å²) >= 11 is 5.72. The Balaban J connectivity index is 2.04. The Morgan fingerprint density at radius 3 is 2.67 bits per heavy atom. The number of nitrogens with one attached hydrogen (secondary N) is 2. The topological polar surface area (TPSA) is 96.9 Å². The highest BCUT2D eigenvalue weighted by atomic mass is 35.5. The standard InChI is InChI=1S/C9H14ClN5O2S/c1-11-8-13-7(10)14-9(15-8)12-5-6-3-2-4-18(6,16)17/h6H,2-5H2,1H3,(H2,11,12,13,14,15). The van der Waals surface area contributed by atoms with Crippen LogP contribution in [0.15, 0.2) is 0 Å². The summed E-state index contributed by atoms with van der Waals surface area (Å²) in [5, 5.41) is 5.33. The van der Waals surface area contributed by atoms with Gasteiger partial charge in [0.15, 0.2) is 9.84 Å². The maximum Gasteiger partial charge on any atom is 0.228 e. The Hall–Kier alpha value is -1.15. The molecule has 1 aromatic rings. The molecule has 9 heteroatoms. The number of halogens is 1. The summed E-state index contributed by atoms with van der Waals surface area (Å²) < 4.78 is 23.3. The molecular weight excluding hydrogens is 278 g/mol. The maximum absolute atomic E-state index is 11.6. The summed E-state index contributed by atoms with van der Waals surface area (Å²) in [6, 6.07) is 0. The molecule has 1 fully saturated rings. The number of sulfone groups is 1. The van der Waals surface area contributed by atoms with Crippen molar-refractivity contribution in [2.45, 2.75) is 18.1 Å². The third-order valence-corrected chi connectivity index (χ3v) is 5.23. The van der Waals surface area contributed by atoms with E-state index in [-0.39, 0.29) is 22.2 Å². The van der Waals surface area contributed by atoms with Crippen molar-refractivity contribution in [3.63, 3.8) is 0 Å². The Morgan fingerprint density at radius 1 is 1.33 bits per heavy atom. The predicted octanol–water partition coefficient (Wildman–Crippen LogP) is 0.556. The second-order valence-corrected chi connectivity index (χ2v) is 6.75. The number of aromatic nitrogens is 3. The smallest absolute Gasteiger partial charge is 0.228 e. The zero-order valence-electron chi connectivity index (χ0n) is 9.85. The Bertz CT molecular complexity index is 536. The third kappa shape index (κ3) is 2.99. The number of hydrogen-bond donors (Lipinski definition) is 2. The van der Waals surface area contributed by atoms with E-state index in [9.17, 15) is 8.42 Å². The fourth-order valence-corrected chi connectivity index (χ4v) is 3.76. The highest BCUT2D eigenvalue weighted by Gasteiger charge is 2.31. The molecule has 18 heavy (non-hydrogen) atoms. The van der Waals surface area contributed by atoms with Gasteiger partial charge in [-0.1, -0.05) is 0 Å². The van der Waals surface area contributed by atoms with E-state index in [2.05, 4.69) is 25.6 Å². The molecule has 1 unspecified atom stereocenters. The quantitative estimate of drug-likeness (QED) is 0.836. The van der Waals surface area contributed by atoms with Gasteiger partial charge < -0.3 is 10.6 Å². The molecule has 1 atom stereocenters. The minimum absolute atomic E-state index is 0.0612. The molecule has 1 aromatic heterocycles. The molecule has 1 aliphatic heterocycles. The highest BCUT2D eigenvalue weighted by molar-refractivity contribution is 7.92. The van der Waals surface area contributed by atoms with Gasteiger partial charge in [-0.3, -0.25) is 0 Å². The minimum atomic E-state index is -2.97. The van der Waals surface area contributed by atoms with Crippen molar-refractivity contribution in [1.29, 1.82) is 0 Å². The average Bonchev–Trinajstić information content (AvgIpc) is 2.65. The number of anilines is 2. The van der Waals surface area contributed by atoms with E-state index >= 15 is 0 Å². The summed E-state index contributed by atoms with van der Waals surface area (Å²) in [5.74, 6) is 0.882. The summed E-state index contributed by atoms with van der Waals surface area (Å²) in [6.45, 7) is 0.297. The van der Waals surface area contributed by atoms with E-state index in [1.165, 1.54) is 0 Å². The van der Waals surface area contributed by atoms with Gasteiger partial charge in [0, 0.05) is 13.6 Å². The zero-order chi connectivity index (χ0) is 13.2. The molecule has 0 spiro atoms. The van der Waals surface area contributed by atoms with Crippen LogP contribution in [0.25, 0.3) is 0 Å². The van der Waals surface area contributed by atoms with Crippen molar-refractivity contribution >= 4 is 33.3 Å². The maximum atomic E-state index is 11.6. The van der Waals surface area contributed by atoms with Crippen LogP contribution in [0.1, 0.15) is 12.8 Å². The van der Waals surface area contributed by atoms with Crippen LogP contribution >= 0.6 is 11.6 Å². The summed E-state index contributed by atoms with van der Waals surface area (Å²) in [6.07, 6.45) is 1.39. The van der Waals surface area contributed by atoms with Gasteiger partial charge in [0.1, 0.15) is 0 Å². The van der Waals surface area contributed by atoms with Crippen LogP contribution in [0, 0.1) is 0 Å². The van der Waals surface area contributed by atoms with Crippen LogP contribution in [0.3, 0.4) is 0 Å². The molecule has 0 aliphatic carbocycles. The lowest BCUT2D eigenvalue weighted by atomic mass is 10.2. The van der Waals surface area contributed by atoms with Crippen molar-refractivity contribution in [2.24, 2.45) is 0 Å². The van der Waals surface area contributed by atoms with Gasteiger partial charge in [-0.25, -0.2) is 8.42 Å². The lowest BCUT2D eigenvalue weighted by Gasteiger charge is -2.11. The molecule has 7 nitrogen and oxygen atoms in total. The first kappa shape index (κ1) is 13.3. The first-order valence-corrected chi connectivity index (χ1v) is 7.65. The summed E-state index contributed by atoms with van der Waals surface area (Å²) in [5.41, 5.74) is 0. The van der Waals surface area contributed by atoms with Crippen LogP contribution in [0.2, 0.25) is 5.28 Å². The molecule has 2 rings (SSSR count). The SMILES string of the molecule is CNc1nc(Cl)nc(NCC2CCCS2(=O)=O)n1. The van der Waals surface area contributed by atoms with Crippen LogP contribution < -0.4 is 10.6 Å². The average molecular weight is 292 g/mol. The minimum Gasteiger partial charge on any atom is -0.357 e. The normalized spacial score (nSPS) is 21.8. The molecule has 100 valence electrons. The highest BCUT2D eigenvalue weighted by Crippen LogP contribution is 2.20. The monoisotopic (exact) mass is 291 g/mol. The van der Waals surface area contributed by atoms with E-state index in [4.69, 9.17) is 11.6 Å². The van der Waals surface area contributed by atoms with Crippen molar-refractivity contribution < 1.29 is 8.42 Å². The van der Waals surface area contributed by atoms with Gasteiger partial charge in [0.25, 0.3) is 0 Å². The first-order chi connectivity index (χ1) is 8.51. The van der Waals surface area contributed by atoms with Crippen LogP contribution in [0.5, 0.6) is 0 Å². The van der Waals surface area contributed by atoms with Gasteiger partial charge in [0.2, 0.25) is 17.2 Å². The van der Waals surface area contributed by atoms with Gasteiger partial charge in [0.05, 0.1) is 11.0 Å². The van der Waals surface area contributed by atoms with Crippen molar-refractivity contribution in [3.8, 4) is 0 Å². The molecule has 2 N–H and O–H groups in total. The van der Waals surface area contributed by atoms with Gasteiger partial charge in [-0.2, -0.15) is 15.0 Å². The van der Waals surface area contributed by atoms with Crippen LogP contribution in [0.4, 0.5) is 11.9 Å². The molecule has 0 saturated carbocycles. The Kier molecular flexibility index (Phi) is 3.86. The van der Waals surface area contributed by atoms with Crippen molar-refractivity contribution in [3.05, 3.63) is 5.28 Å².